The van der Waals surface area contributed by atoms with E-state index in [1.165, 1.54) is 23.8 Å². The van der Waals surface area contributed by atoms with Crippen molar-refractivity contribution in [2.24, 2.45) is 0 Å². The molecule has 0 saturated heterocycles. The van der Waals surface area contributed by atoms with Crippen molar-refractivity contribution in [2.45, 2.75) is 18.4 Å². The quantitative estimate of drug-likeness (QED) is 0.395. The SMILES string of the molecule is COCC(NC(=O)OCC1c2ccccc2-c2ccccc21)C(=O)NCCc1nc(C(=O)O)cs1. The average molecular weight is 496 g/mol. The minimum atomic E-state index is -1.09. The first-order chi connectivity index (χ1) is 17.0. The Hall–Kier alpha value is -3.76. The van der Waals surface area contributed by atoms with E-state index in [0.717, 1.165) is 22.3 Å². The van der Waals surface area contributed by atoms with E-state index in [9.17, 15) is 14.4 Å². The predicted octanol–water partition coefficient (Wildman–Crippen LogP) is 3.05. The number of carboxylic acids is 1. The van der Waals surface area contributed by atoms with Crippen LogP contribution in [-0.2, 0) is 20.7 Å². The molecule has 1 atom stereocenters. The van der Waals surface area contributed by atoms with E-state index in [2.05, 4.69) is 27.8 Å². The van der Waals surface area contributed by atoms with Crippen LogP contribution >= 0.6 is 11.3 Å². The third-order valence-electron chi connectivity index (χ3n) is 5.69. The molecule has 0 spiro atoms. The number of rotatable bonds is 10. The number of nitrogens with zero attached hydrogens (tertiary/aromatic N) is 1. The summed E-state index contributed by atoms with van der Waals surface area (Å²) in [6.45, 7) is 0.339. The zero-order valence-corrected chi connectivity index (χ0v) is 19.8. The third-order valence-corrected chi connectivity index (χ3v) is 6.60. The summed E-state index contributed by atoms with van der Waals surface area (Å²) in [6, 6.07) is 15.1. The summed E-state index contributed by atoms with van der Waals surface area (Å²) in [5.41, 5.74) is 4.43. The van der Waals surface area contributed by atoms with Gasteiger partial charge in [0.2, 0.25) is 5.91 Å². The number of thiazole rings is 1. The van der Waals surface area contributed by atoms with E-state index in [4.69, 9.17) is 14.6 Å². The number of methoxy groups -OCH3 is 1. The molecule has 182 valence electrons. The number of fused-ring (bicyclic) bond motifs is 3. The zero-order valence-electron chi connectivity index (χ0n) is 19.0. The number of aromatic carboxylic acids is 1. The summed E-state index contributed by atoms with van der Waals surface area (Å²) >= 11 is 1.21. The van der Waals surface area contributed by atoms with Crippen molar-refractivity contribution < 1.29 is 29.0 Å². The average Bonchev–Trinajstić information content (AvgIpc) is 3.46. The van der Waals surface area contributed by atoms with Crippen LogP contribution in [0.15, 0.2) is 53.9 Å². The second-order valence-corrected chi connectivity index (χ2v) is 8.89. The van der Waals surface area contributed by atoms with Crippen LogP contribution in [0.2, 0.25) is 0 Å². The lowest BCUT2D eigenvalue weighted by atomic mass is 9.98. The maximum atomic E-state index is 12.6. The van der Waals surface area contributed by atoms with Gasteiger partial charge in [-0.3, -0.25) is 4.79 Å². The molecule has 1 aliphatic carbocycles. The Kier molecular flexibility index (Phi) is 7.74. The maximum Gasteiger partial charge on any atom is 0.407 e. The number of nitrogens with one attached hydrogen (secondary N) is 2. The first-order valence-corrected chi connectivity index (χ1v) is 11.9. The molecule has 1 unspecified atom stereocenters. The number of benzene rings is 2. The van der Waals surface area contributed by atoms with Crippen molar-refractivity contribution in [3.05, 3.63) is 75.7 Å². The van der Waals surface area contributed by atoms with E-state index < -0.39 is 24.0 Å². The molecule has 2 amide bonds. The second kappa shape index (κ2) is 11.1. The van der Waals surface area contributed by atoms with Gasteiger partial charge in [-0.2, -0.15) is 0 Å². The largest absolute Gasteiger partial charge is 0.476 e. The summed E-state index contributed by atoms with van der Waals surface area (Å²) in [6.07, 6.45) is -0.344. The summed E-state index contributed by atoms with van der Waals surface area (Å²) in [5.74, 6) is -1.61. The van der Waals surface area contributed by atoms with Gasteiger partial charge in [0, 0.05) is 31.4 Å². The number of ether oxygens (including phenoxy) is 2. The van der Waals surface area contributed by atoms with Gasteiger partial charge in [-0.25, -0.2) is 14.6 Å². The lowest BCUT2D eigenvalue weighted by Crippen LogP contribution is -2.49. The zero-order chi connectivity index (χ0) is 24.8. The Morgan fingerprint density at radius 2 is 1.74 bits per heavy atom. The highest BCUT2D eigenvalue weighted by Crippen LogP contribution is 2.44. The number of carbonyl (C=O) groups excluding carboxylic acids is 2. The van der Waals surface area contributed by atoms with Crippen LogP contribution in [0.25, 0.3) is 11.1 Å². The van der Waals surface area contributed by atoms with Crippen molar-refractivity contribution in [3.63, 3.8) is 0 Å². The fourth-order valence-electron chi connectivity index (χ4n) is 4.07. The highest BCUT2D eigenvalue weighted by Gasteiger charge is 2.29. The lowest BCUT2D eigenvalue weighted by molar-refractivity contribution is -0.124. The topological polar surface area (TPSA) is 127 Å². The van der Waals surface area contributed by atoms with E-state index >= 15 is 0 Å². The molecule has 1 aliphatic rings. The molecule has 0 radical (unpaired) electrons. The summed E-state index contributed by atoms with van der Waals surface area (Å²) in [4.78, 5) is 40.0. The molecule has 0 aliphatic heterocycles. The molecule has 0 saturated carbocycles. The van der Waals surface area contributed by atoms with Crippen LogP contribution < -0.4 is 10.6 Å². The maximum absolute atomic E-state index is 12.6. The van der Waals surface area contributed by atoms with E-state index in [1.807, 2.05) is 36.4 Å². The van der Waals surface area contributed by atoms with Gasteiger partial charge in [-0.05, 0) is 22.3 Å². The first kappa shape index (κ1) is 24.4. The van der Waals surface area contributed by atoms with Gasteiger partial charge in [-0.1, -0.05) is 48.5 Å². The number of aromatic nitrogens is 1. The summed E-state index contributed by atoms with van der Waals surface area (Å²) in [5, 5.41) is 16.3. The standard InChI is InChI=1S/C25H25N3O6S/c1-33-13-20(23(29)26-11-10-22-27-21(14-35-22)24(30)31)28-25(32)34-12-19-17-8-4-2-6-15(17)16-7-3-5-9-18(16)19/h2-9,14,19-20H,10-13H2,1H3,(H,26,29)(H,28,32)(H,30,31). The molecular weight excluding hydrogens is 470 g/mol. The first-order valence-electron chi connectivity index (χ1n) is 11.0. The molecule has 1 heterocycles. The molecule has 2 aromatic carbocycles. The number of carbonyl (C=O) groups is 3. The molecule has 4 rings (SSSR count). The van der Waals surface area contributed by atoms with Crippen molar-refractivity contribution in [3.8, 4) is 11.1 Å². The van der Waals surface area contributed by atoms with Gasteiger partial charge in [0.05, 0.1) is 11.6 Å². The molecule has 10 heteroatoms. The van der Waals surface area contributed by atoms with E-state index in [1.54, 1.807) is 0 Å². The molecule has 0 bridgehead atoms. The van der Waals surface area contributed by atoms with Crippen molar-refractivity contribution in [2.75, 3.05) is 26.9 Å². The van der Waals surface area contributed by atoms with Crippen LogP contribution in [0.1, 0.15) is 32.5 Å². The fraction of sp³-hybridized carbons (Fsp3) is 0.280. The normalized spacial score (nSPS) is 12.9. The molecule has 0 fully saturated rings. The minimum absolute atomic E-state index is 0.0227. The number of hydrogen-bond donors (Lipinski definition) is 3. The van der Waals surface area contributed by atoms with Crippen LogP contribution in [0, 0.1) is 0 Å². The van der Waals surface area contributed by atoms with Crippen LogP contribution in [0.3, 0.4) is 0 Å². The third kappa shape index (κ3) is 5.67. The van der Waals surface area contributed by atoms with Crippen molar-refractivity contribution >= 4 is 29.3 Å². The van der Waals surface area contributed by atoms with Gasteiger partial charge in [0.1, 0.15) is 12.6 Å². The number of carboxylic acid groups (broad SMARTS) is 1. The van der Waals surface area contributed by atoms with Crippen molar-refractivity contribution in [1.29, 1.82) is 0 Å². The number of hydrogen-bond acceptors (Lipinski definition) is 7. The van der Waals surface area contributed by atoms with Crippen LogP contribution in [-0.4, -0.2) is 61.0 Å². The summed E-state index contributed by atoms with van der Waals surface area (Å²) in [7, 11) is 1.43. The van der Waals surface area contributed by atoms with E-state index in [-0.39, 0.29) is 31.4 Å². The fourth-order valence-corrected chi connectivity index (χ4v) is 4.84. The molecular formula is C25H25N3O6S. The Bertz CT molecular complexity index is 1180. The predicted molar refractivity (Wildman–Crippen MR) is 130 cm³/mol. The molecule has 3 aromatic rings. The highest BCUT2D eigenvalue weighted by molar-refractivity contribution is 7.09. The molecule has 9 nitrogen and oxygen atoms in total. The molecule has 35 heavy (non-hydrogen) atoms. The van der Waals surface area contributed by atoms with E-state index in [0.29, 0.717) is 11.4 Å². The Morgan fingerprint density at radius 3 is 2.34 bits per heavy atom. The van der Waals surface area contributed by atoms with Crippen LogP contribution in [0.5, 0.6) is 0 Å². The number of alkyl carbamates (subject to hydrolysis) is 1. The van der Waals surface area contributed by atoms with Gasteiger partial charge >= 0.3 is 12.1 Å². The van der Waals surface area contributed by atoms with Gasteiger partial charge in [-0.15, -0.1) is 11.3 Å². The summed E-state index contributed by atoms with van der Waals surface area (Å²) < 4.78 is 10.6. The smallest absolute Gasteiger partial charge is 0.407 e. The molecule has 3 N–H and O–H groups in total. The lowest BCUT2D eigenvalue weighted by Gasteiger charge is -2.19. The number of amides is 2. The van der Waals surface area contributed by atoms with Gasteiger partial charge in [0.25, 0.3) is 0 Å². The van der Waals surface area contributed by atoms with Gasteiger partial charge in [0.15, 0.2) is 5.69 Å². The van der Waals surface area contributed by atoms with Crippen LogP contribution in [0.4, 0.5) is 4.79 Å². The van der Waals surface area contributed by atoms with Crippen molar-refractivity contribution in [1.82, 2.24) is 15.6 Å². The Balaban J connectivity index is 1.31. The Labute approximate surface area is 206 Å². The highest BCUT2D eigenvalue weighted by atomic mass is 32.1. The Morgan fingerprint density at radius 1 is 1.09 bits per heavy atom. The second-order valence-electron chi connectivity index (χ2n) is 7.95. The molecule has 1 aromatic heterocycles. The monoisotopic (exact) mass is 495 g/mol. The van der Waals surface area contributed by atoms with Gasteiger partial charge < -0.3 is 25.2 Å². The minimum Gasteiger partial charge on any atom is -0.476 e.